The fourth-order valence-electron chi connectivity index (χ4n) is 2.49. The average molecular weight is 424 g/mol. The van der Waals surface area contributed by atoms with Crippen molar-refractivity contribution >= 4 is 40.7 Å². The molecule has 12 nitrogen and oxygen atoms in total. The fourth-order valence-corrected chi connectivity index (χ4v) is 2.49. The topological polar surface area (TPSA) is 185 Å². The molecule has 0 saturated heterocycles. The Morgan fingerprint density at radius 3 is 2.52 bits per heavy atom. The maximum Gasteiger partial charge on any atom is 0.372 e. The van der Waals surface area contributed by atoms with Gasteiger partial charge >= 0.3 is 11.9 Å². The highest BCUT2D eigenvalue weighted by Crippen LogP contribution is 2.22. The molecule has 1 amide bonds. The van der Waals surface area contributed by atoms with Crippen molar-refractivity contribution in [1.82, 2.24) is 5.01 Å². The van der Waals surface area contributed by atoms with E-state index in [1.807, 2.05) is 0 Å². The lowest BCUT2D eigenvalue weighted by atomic mass is 9.94. The van der Waals surface area contributed by atoms with Crippen LogP contribution in [0.3, 0.4) is 0 Å². The highest BCUT2D eigenvalue weighted by molar-refractivity contribution is 6.35. The van der Waals surface area contributed by atoms with E-state index in [1.54, 1.807) is 43.3 Å². The molecule has 0 aromatic heterocycles. The van der Waals surface area contributed by atoms with E-state index in [1.165, 1.54) is 0 Å². The summed E-state index contributed by atoms with van der Waals surface area (Å²) >= 11 is 0. The van der Waals surface area contributed by atoms with E-state index in [0.29, 0.717) is 17.0 Å². The number of amides is 1. The molecule has 0 radical (unpaired) electrons. The first kappa shape index (κ1) is 22.7. The molecule has 1 atom stereocenters. The molecule has 0 aliphatic carbocycles. The number of carbonyl (C=O) groups is 4. The van der Waals surface area contributed by atoms with Crippen LogP contribution in [0.25, 0.3) is 0 Å². The lowest BCUT2D eigenvalue weighted by Crippen LogP contribution is -2.38. The zero-order valence-electron chi connectivity index (χ0n) is 16.2. The number of benzene rings is 1. The quantitative estimate of drug-likeness (QED) is 0.198. The summed E-state index contributed by atoms with van der Waals surface area (Å²) in [6, 6.07) is 9.90. The molecule has 0 saturated carbocycles. The van der Waals surface area contributed by atoms with Crippen molar-refractivity contribution < 1.29 is 29.0 Å². The zero-order chi connectivity index (χ0) is 23.0. The molecule has 1 aliphatic rings. The molecule has 1 aliphatic heterocycles. The number of ether oxygens (including phenoxy) is 1. The van der Waals surface area contributed by atoms with Crippen LogP contribution in [0, 0.1) is 28.6 Å². The van der Waals surface area contributed by atoms with Gasteiger partial charge in [0.2, 0.25) is 11.6 Å². The zero-order valence-corrected chi connectivity index (χ0v) is 16.2. The third-order valence-corrected chi connectivity index (χ3v) is 4.04. The maximum atomic E-state index is 12.2. The van der Waals surface area contributed by atoms with Gasteiger partial charge < -0.3 is 9.84 Å². The summed E-state index contributed by atoms with van der Waals surface area (Å²) in [5.74, 6) is -4.78. The van der Waals surface area contributed by atoms with Crippen LogP contribution in [0.4, 0.5) is 5.69 Å². The Morgan fingerprint density at radius 2 is 1.94 bits per heavy atom. The van der Waals surface area contributed by atoms with Crippen LogP contribution in [0.15, 0.2) is 34.5 Å². The molecule has 0 fully saturated rings. The molecular formula is C19H16N6O6. The van der Waals surface area contributed by atoms with Crippen LogP contribution in [0.1, 0.15) is 25.3 Å². The monoisotopic (exact) mass is 424 g/mol. The molecule has 1 aromatic rings. The number of rotatable bonds is 8. The maximum absolute atomic E-state index is 12.2. The first-order valence-electron chi connectivity index (χ1n) is 8.80. The first-order valence-corrected chi connectivity index (χ1v) is 8.80. The number of nitrogens with one attached hydrogen (secondary N) is 1. The molecule has 0 unspecified atom stereocenters. The summed E-state index contributed by atoms with van der Waals surface area (Å²) in [5.41, 5.74) is 3.97. The van der Waals surface area contributed by atoms with Gasteiger partial charge in [0.25, 0.3) is 5.78 Å². The number of hydrazone groups is 2. The molecule has 31 heavy (non-hydrogen) atoms. The van der Waals surface area contributed by atoms with Crippen molar-refractivity contribution in [1.29, 1.82) is 10.5 Å². The molecule has 1 heterocycles. The summed E-state index contributed by atoms with van der Waals surface area (Å²) < 4.78 is 4.78. The standard InChI is InChI=1S/C19H16N6O6/c1-11-6-16(27)25(10-31-17(28)7-15(26)19(29)30)24-18(11)12-2-4-13(5-3-12)22-23-14(8-20)9-21/h2-5,11,22H,6-7,10H2,1H3,(H,29,30)/t11-/m1/s1. The molecule has 158 valence electrons. The predicted molar refractivity (Wildman–Crippen MR) is 104 cm³/mol. The Kier molecular flexibility index (Phi) is 7.52. The van der Waals surface area contributed by atoms with Gasteiger partial charge in [0, 0.05) is 12.3 Å². The molecule has 1 aromatic carbocycles. The SMILES string of the molecule is C[C@@H]1CC(=O)N(COC(=O)CC(=O)C(=O)O)N=C1c1ccc(NN=C(C#N)C#N)cc1. The molecular weight excluding hydrogens is 408 g/mol. The molecule has 12 heteroatoms. The number of carboxylic acid groups (broad SMARTS) is 1. The normalized spacial score (nSPS) is 15.1. The number of esters is 1. The van der Waals surface area contributed by atoms with E-state index < -0.39 is 36.8 Å². The second kappa shape index (κ2) is 10.3. The second-order valence-corrected chi connectivity index (χ2v) is 6.31. The van der Waals surface area contributed by atoms with Crippen LogP contribution in [0.5, 0.6) is 0 Å². The van der Waals surface area contributed by atoms with Gasteiger partial charge in [-0.15, -0.1) is 0 Å². The Morgan fingerprint density at radius 1 is 1.29 bits per heavy atom. The Labute approximate surface area is 176 Å². The van der Waals surface area contributed by atoms with Crippen molar-refractivity contribution in [2.24, 2.45) is 16.1 Å². The number of carbonyl (C=O) groups excluding carboxylic acids is 3. The highest BCUT2D eigenvalue weighted by atomic mass is 16.5. The van der Waals surface area contributed by atoms with E-state index in [-0.39, 0.29) is 18.1 Å². The third-order valence-electron chi connectivity index (χ3n) is 4.04. The van der Waals surface area contributed by atoms with Crippen LogP contribution >= 0.6 is 0 Å². The molecule has 0 spiro atoms. The number of nitrogens with zero attached hydrogens (tertiary/aromatic N) is 5. The minimum Gasteiger partial charge on any atom is -0.475 e. The van der Waals surface area contributed by atoms with Gasteiger partial charge in [-0.3, -0.25) is 19.8 Å². The van der Waals surface area contributed by atoms with E-state index in [4.69, 9.17) is 20.4 Å². The minimum absolute atomic E-state index is 0.0996. The van der Waals surface area contributed by atoms with Crippen molar-refractivity contribution in [3.63, 3.8) is 0 Å². The van der Waals surface area contributed by atoms with Crippen LogP contribution in [0.2, 0.25) is 0 Å². The number of hydrogen-bond acceptors (Lipinski definition) is 10. The fraction of sp³-hybridized carbons (Fsp3) is 0.263. The number of aliphatic carboxylic acids is 1. The van der Waals surface area contributed by atoms with E-state index in [2.05, 4.69) is 15.6 Å². The lowest BCUT2D eigenvalue weighted by molar-refractivity contribution is -0.158. The number of anilines is 1. The molecule has 2 N–H and O–H groups in total. The summed E-state index contributed by atoms with van der Waals surface area (Å²) in [6.07, 6.45) is -0.844. The predicted octanol–water partition coefficient (Wildman–Crippen LogP) is 0.619. The van der Waals surface area contributed by atoms with E-state index in [9.17, 15) is 19.2 Å². The van der Waals surface area contributed by atoms with Crippen molar-refractivity contribution in [2.75, 3.05) is 12.2 Å². The summed E-state index contributed by atoms with van der Waals surface area (Å²) in [4.78, 5) is 45.3. The number of nitriles is 2. The number of Topliss-reactive ketones (excluding diaryl/α,β-unsaturated/α-hetero) is 1. The first-order chi connectivity index (χ1) is 14.7. The Balaban J connectivity index is 2.10. The Hall–Kier alpha value is -4.58. The number of ketones is 1. The summed E-state index contributed by atoms with van der Waals surface area (Å²) in [7, 11) is 0. The Bertz CT molecular complexity index is 1030. The van der Waals surface area contributed by atoms with Gasteiger partial charge in [0.05, 0.1) is 11.4 Å². The van der Waals surface area contributed by atoms with Gasteiger partial charge in [-0.2, -0.15) is 25.7 Å². The average Bonchev–Trinajstić information content (AvgIpc) is 2.74. The van der Waals surface area contributed by atoms with Gasteiger partial charge in [-0.25, -0.2) is 4.79 Å². The summed E-state index contributed by atoms with van der Waals surface area (Å²) in [5, 5.41) is 34.6. The smallest absolute Gasteiger partial charge is 0.372 e. The van der Waals surface area contributed by atoms with Crippen LogP contribution in [-0.4, -0.2) is 51.9 Å². The van der Waals surface area contributed by atoms with Crippen molar-refractivity contribution in [2.45, 2.75) is 19.8 Å². The van der Waals surface area contributed by atoms with Crippen LogP contribution < -0.4 is 5.43 Å². The molecule has 0 bridgehead atoms. The van der Waals surface area contributed by atoms with Gasteiger partial charge in [-0.05, 0) is 17.7 Å². The van der Waals surface area contributed by atoms with E-state index >= 15 is 0 Å². The second-order valence-electron chi connectivity index (χ2n) is 6.31. The highest BCUT2D eigenvalue weighted by Gasteiger charge is 2.28. The van der Waals surface area contributed by atoms with Crippen molar-refractivity contribution in [3.8, 4) is 12.1 Å². The van der Waals surface area contributed by atoms with Gasteiger partial charge in [-0.1, -0.05) is 19.1 Å². The van der Waals surface area contributed by atoms with Gasteiger partial charge in [0.15, 0.2) is 6.73 Å². The van der Waals surface area contributed by atoms with Crippen LogP contribution in [-0.2, 0) is 23.9 Å². The third kappa shape index (κ3) is 6.20. The minimum atomic E-state index is -1.75. The number of hydrogen-bond donors (Lipinski definition) is 2. The molecule has 2 rings (SSSR count). The van der Waals surface area contributed by atoms with Gasteiger partial charge in [0.1, 0.15) is 18.6 Å². The lowest BCUT2D eigenvalue weighted by Gasteiger charge is -2.27. The summed E-state index contributed by atoms with van der Waals surface area (Å²) in [6.45, 7) is 1.24. The van der Waals surface area contributed by atoms with Crippen molar-refractivity contribution in [3.05, 3.63) is 29.8 Å². The largest absolute Gasteiger partial charge is 0.475 e. The van der Waals surface area contributed by atoms with E-state index in [0.717, 1.165) is 5.01 Å². The number of carboxylic acids is 1.